The van der Waals surface area contributed by atoms with Gasteiger partial charge in [-0.1, -0.05) is 11.6 Å². The molecule has 2 N–H and O–H groups in total. The van der Waals surface area contributed by atoms with E-state index in [0.29, 0.717) is 29.7 Å². The van der Waals surface area contributed by atoms with E-state index in [1.165, 1.54) is 6.20 Å². The minimum absolute atomic E-state index is 0.0303. The quantitative estimate of drug-likeness (QED) is 0.740. The number of nitrogens with zero attached hydrogens (tertiary/aromatic N) is 1. The molecule has 0 amide bonds. The summed E-state index contributed by atoms with van der Waals surface area (Å²) in [6.45, 7) is 2.37. The summed E-state index contributed by atoms with van der Waals surface area (Å²) in [6, 6.07) is 1.48. The van der Waals surface area contributed by atoms with Gasteiger partial charge in [0.05, 0.1) is 21.6 Å². The van der Waals surface area contributed by atoms with Crippen molar-refractivity contribution < 1.29 is 18.7 Å². The lowest BCUT2D eigenvalue weighted by atomic mass is 9.94. The van der Waals surface area contributed by atoms with Crippen molar-refractivity contribution >= 4 is 34.3 Å². The van der Waals surface area contributed by atoms with Gasteiger partial charge in [0.1, 0.15) is 11.9 Å². The first-order chi connectivity index (χ1) is 14.0. The molecule has 9 heteroatoms. The van der Waals surface area contributed by atoms with Crippen LogP contribution in [0.2, 0.25) is 5.02 Å². The van der Waals surface area contributed by atoms with Crippen molar-refractivity contribution in [3.05, 3.63) is 33.3 Å². The van der Waals surface area contributed by atoms with Gasteiger partial charge >= 0.3 is 6.16 Å². The molecule has 0 spiro atoms. The van der Waals surface area contributed by atoms with Crippen LogP contribution < -0.4 is 20.4 Å². The van der Waals surface area contributed by atoms with Crippen LogP contribution in [0.1, 0.15) is 25.7 Å². The molecule has 1 aromatic heterocycles. The molecule has 2 aliphatic heterocycles. The summed E-state index contributed by atoms with van der Waals surface area (Å²) in [4.78, 5) is 29.3. The SMILES string of the molecule is O=C(Oc1c[nH]c2c(Cl)c(N3C[C@@H]4CCCN[C@@H]4C3)c(F)cc2c1=O)OC1CC1. The van der Waals surface area contributed by atoms with Crippen LogP contribution >= 0.6 is 11.6 Å². The molecule has 1 saturated carbocycles. The lowest BCUT2D eigenvalue weighted by molar-refractivity contribution is 0.0921. The molecule has 0 unspecified atom stereocenters. The summed E-state index contributed by atoms with van der Waals surface area (Å²) in [5, 5.41) is 3.67. The Morgan fingerprint density at radius 2 is 2.10 bits per heavy atom. The number of H-pyrrole nitrogens is 1. The van der Waals surface area contributed by atoms with Gasteiger partial charge in [-0.05, 0) is 44.2 Å². The van der Waals surface area contributed by atoms with Gasteiger partial charge < -0.3 is 24.7 Å². The Hall–Kier alpha value is -2.32. The van der Waals surface area contributed by atoms with Gasteiger partial charge in [0.25, 0.3) is 0 Å². The number of anilines is 1. The maximum atomic E-state index is 15.0. The fourth-order valence-electron chi connectivity index (χ4n) is 4.30. The average molecular weight is 422 g/mol. The van der Waals surface area contributed by atoms with Crippen molar-refractivity contribution in [2.75, 3.05) is 24.5 Å². The number of aromatic amines is 1. The van der Waals surface area contributed by atoms with Crippen molar-refractivity contribution in [2.24, 2.45) is 5.92 Å². The standard InChI is InChI=1S/C20H21ClFN3O4/c21-16-17-12(19(26)15(7-24-17)29-20(27)28-11-3-4-11)6-13(22)18(16)25-8-10-2-1-5-23-14(10)9-25/h6-7,10-11,14,23H,1-5,8-9H2,(H,24,26)/t10-,14+/m0/s1. The Bertz CT molecular complexity index is 1020. The van der Waals surface area contributed by atoms with E-state index in [4.69, 9.17) is 21.1 Å². The highest BCUT2D eigenvalue weighted by molar-refractivity contribution is 6.37. The van der Waals surface area contributed by atoms with Crippen LogP contribution in [0.15, 0.2) is 17.1 Å². The minimum atomic E-state index is -0.937. The monoisotopic (exact) mass is 421 g/mol. The van der Waals surface area contributed by atoms with Crippen LogP contribution in [0, 0.1) is 11.7 Å². The zero-order chi connectivity index (χ0) is 20.1. The van der Waals surface area contributed by atoms with Crippen molar-refractivity contribution in [2.45, 2.75) is 37.8 Å². The topological polar surface area (TPSA) is 83.7 Å². The number of pyridine rings is 1. The molecule has 1 aliphatic carbocycles. The molecule has 0 bridgehead atoms. The van der Waals surface area contributed by atoms with Crippen molar-refractivity contribution in [3.8, 4) is 5.75 Å². The van der Waals surface area contributed by atoms with E-state index in [0.717, 1.165) is 44.8 Å². The smallest absolute Gasteiger partial charge is 0.431 e. The van der Waals surface area contributed by atoms with Crippen molar-refractivity contribution in [1.82, 2.24) is 10.3 Å². The normalized spacial score (nSPS) is 23.9. The molecule has 1 aromatic carbocycles. The van der Waals surface area contributed by atoms with Gasteiger partial charge in [-0.15, -0.1) is 0 Å². The van der Waals surface area contributed by atoms with Crippen LogP contribution in [0.3, 0.4) is 0 Å². The van der Waals surface area contributed by atoms with E-state index in [1.54, 1.807) is 0 Å². The second-order valence-corrected chi connectivity index (χ2v) is 8.34. The zero-order valence-electron chi connectivity index (χ0n) is 15.7. The van der Waals surface area contributed by atoms with E-state index >= 15 is 4.39 Å². The highest BCUT2D eigenvalue weighted by Gasteiger charge is 2.36. The summed E-state index contributed by atoms with van der Waals surface area (Å²) in [5.74, 6) is -0.352. The first-order valence-corrected chi connectivity index (χ1v) is 10.3. The third-order valence-electron chi connectivity index (χ3n) is 5.91. The summed E-state index contributed by atoms with van der Waals surface area (Å²) < 4.78 is 25.0. The number of halogens is 2. The lowest BCUT2D eigenvalue weighted by Crippen LogP contribution is -2.40. The fourth-order valence-corrected chi connectivity index (χ4v) is 4.66. The molecule has 2 aromatic rings. The highest BCUT2D eigenvalue weighted by Crippen LogP contribution is 2.38. The Labute approximate surface area is 171 Å². The number of hydrogen-bond acceptors (Lipinski definition) is 6. The van der Waals surface area contributed by atoms with Crippen molar-refractivity contribution in [1.29, 1.82) is 0 Å². The highest BCUT2D eigenvalue weighted by atomic mass is 35.5. The molecule has 5 rings (SSSR count). The Balaban J connectivity index is 1.47. The molecule has 154 valence electrons. The molecule has 2 saturated heterocycles. The maximum Gasteiger partial charge on any atom is 0.514 e. The number of ether oxygens (including phenoxy) is 2. The molecule has 29 heavy (non-hydrogen) atoms. The number of benzene rings is 1. The minimum Gasteiger partial charge on any atom is -0.431 e. The molecular formula is C20H21ClFN3O4. The Morgan fingerprint density at radius 1 is 1.28 bits per heavy atom. The maximum absolute atomic E-state index is 15.0. The van der Waals surface area contributed by atoms with E-state index in [1.807, 2.05) is 4.90 Å². The van der Waals surface area contributed by atoms with E-state index in [-0.39, 0.29) is 22.3 Å². The van der Waals surface area contributed by atoms with Crippen LogP contribution in [-0.2, 0) is 4.74 Å². The van der Waals surface area contributed by atoms with E-state index in [2.05, 4.69) is 10.3 Å². The number of carbonyl (C=O) groups excluding carboxylic acids is 1. The molecule has 3 heterocycles. The fraction of sp³-hybridized carbons (Fsp3) is 0.500. The van der Waals surface area contributed by atoms with Gasteiger partial charge in [-0.2, -0.15) is 0 Å². The molecule has 2 atom stereocenters. The van der Waals surface area contributed by atoms with Crippen LogP contribution in [-0.4, -0.2) is 42.9 Å². The van der Waals surface area contributed by atoms with Gasteiger partial charge in [-0.3, -0.25) is 4.79 Å². The number of aromatic nitrogens is 1. The predicted octanol–water partition coefficient (Wildman–Crippen LogP) is 3.19. The number of fused-ring (bicyclic) bond motifs is 2. The predicted molar refractivity (Wildman–Crippen MR) is 106 cm³/mol. The van der Waals surface area contributed by atoms with E-state index in [9.17, 15) is 9.59 Å². The number of carbonyl (C=O) groups is 1. The van der Waals surface area contributed by atoms with Crippen molar-refractivity contribution in [3.63, 3.8) is 0 Å². The summed E-state index contributed by atoms with van der Waals surface area (Å²) >= 11 is 6.53. The molecular weight excluding hydrogens is 401 g/mol. The second kappa shape index (κ2) is 7.18. The van der Waals surface area contributed by atoms with Crippen LogP contribution in [0.25, 0.3) is 10.9 Å². The molecule has 3 fully saturated rings. The molecule has 3 aliphatic rings. The molecule has 0 radical (unpaired) electrons. The lowest BCUT2D eigenvalue weighted by Gasteiger charge is -2.24. The first-order valence-electron chi connectivity index (χ1n) is 9.91. The summed E-state index contributed by atoms with van der Waals surface area (Å²) in [5.41, 5.74) is 0.00208. The van der Waals surface area contributed by atoms with Crippen LogP contribution in [0.5, 0.6) is 5.75 Å². The first kappa shape index (κ1) is 18.7. The average Bonchev–Trinajstić information content (AvgIpc) is 3.39. The van der Waals surface area contributed by atoms with Gasteiger partial charge in [0.15, 0.2) is 5.75 Å². The summed E-state index contributed by atoms with van der Waals surface area (Å²) in [6.07, 6.45) is 3.99. The largest absolute Gasteiger partial charge is 0.514 e. The Morgan fingerprint density at radius 3 is 2.86 bits per heavy atom. The Kier molecular flexibility index (Phi) is 4.63. The number of rotatable bonds is 3. The summed E-state index contributed by atoms with van der Waals surface area (Å²) in [7, 11) is 0. The van der Waals surface area contributed by atoms with Gasteiger partial charge in [0.2, 0.25) is 5.43 Å². The molecule has 7 nitrogen and oxygen atoms in total. The van der Waals surface area contributed by atoms with Crippen LogP contribution in [0.4, 0.5) is 14.9 Å². The van der Waals surface area contributed by atoms with Gasteiger partial charge in [0, 0.05) is 25.3 Å². The van der Waals surface area contributed by atoms with E-state index < -0.39 is 17.4 Å². The number of hydrogen-bond donors (Lipinski definition) is 2. The third-order valence-corrected chi connectivity index (χ3v) is 6.27. The number of piperidine rings is 1. The zero-order valence-corrected chi connectivity index (χ0v) is 16.4. The third kappa shape index (κ3) is 3.44. The number of nitrogens with one attached hydrogen (secondary N) is 2. The second-order valence-electron chi connectivity index (χ2n) is 7.96. The van der Waals surface area contributed by atoms with Gasteiger partial charge in [-0.25, -0.2) is 9.18 Å².